The Morgan fingerprint density at radius 3 is 2.50 bits per heavy atom. The predicted molar refractivity (Wildman–Crippen MR) is 118 cm³/mol. The number of carbonyl (C=O) groups excluding carboxylic acids is 1. The highest BCUT2D eigenvalue weighted by Gasteiger charge is 2.39. The summed E-state index contributed by atoms with van der Waals surface area (Å²) in [4.78, 5) is 20.9. The van der Waals surface area contributed by atoms with E-state index in [2.05, 4.69) is 9.98 Å². The van der Waals surface area contributed by atoms with Gasteiger partial charge in [-0.3, -0.25) is 9.79 Å². The standard InChI is InChI=1S/C23H17ClF4N4O2/c1-12-22(33)32(29)16-9-7-14(23(26,27)28)19(24)18(16)21(30-12)20-15(25)8-10-17(31-20)34-11-13-5-3-2-4-6-13/h2-10,12H,11,29H2,1H3/t12-/m0/s1. The van der Waals surface area contributed by atoms with Gasteiger partial charge in [0.25, 0.3) is 5.91 Å². The molecule has 3 aromatic rings. The maximum absolute atomic E-state index is 14.9. The van der Waals surface area contributed by atoms with Crippen LogP contribution in [0.3, 0.4) is 0 Å². The molecule has 0 unspecified atom stereocenters. The molecule has 2 aromatic carbocycles. The van der Waals surface area contributed by atoms with Crippen LogP contribution in [0.25, 0.3) is 0 Å². The number of hydrogen-bond donors (Lipinski definition) is 1. The van der Waals surface area contributed by atoms with Gasteiger partial charge in [-0.25, -0.2) is 20.2 Å². The number of rotatable bonds is 4. The number of pyridine rings is 1. The molecule has 1 aliphatic heterocycles. The number of alkyl halides is 3. The lowest BCUT2D eigenvalue weighted by atomic mass is 10.0. The van der Waals surface area contributed by atoms with Crippen LogP contribution in [0.4, 0.5) is 23.2 Å². The van der Waals surface area contributed by atoms with Gasteiger partial charge in [0.15, 0.2) is 5.82 Å². The summed E-state index contributed by atoms with van der Waals surface area (Å²) < 4.78 is 61.2. The fourth-order valence-corrected chi connectivity index (χ4v) is 3.78. The van der Waals surface area contributed by atoms with Crippen molar-refractivity contribution in [3.63, 3.8) is 0 Å². The van der Waals surface area contributed by atoms with Crippen LogP contribution in [0, 0.1) is 5.82 Å². The molecule has 0 saturated carbocycles. The van der Waals surface area contributed by atoms with Crippen molar-refractivity contribution >= 4 is 28.9 Å². The lowest BCUT2D eigenvalue weighted by Gasteiger charge is -2.21. The third kappa shape index (κ3) is 4.46. The molecular weight excluding hydrogens is 476 g/mol. The highest BCUT2D eigenvalue weighted by molar-refractivity contribution is 6.38. The van der Waals surface area contributed by atoms with Crippen molar-refractivity contribution < 1.29 is 27.1 Å². The molecule has 0 saturated heterocycles. The van der Waals surface area contributed by atoms with Crippen LogP contribution in [0.2, 0.25) is 5.02 Å². The first-order valence-electron chi connectivity index (χ1n) is 9.98. The SMILES string of the molecule is C[C@@H]1N=C(c2nc(OCc3ccccc3)ccc2F)c2c(ccc(C(F)(F)F)c2Cl)N(N)C1=O. The van der Waals surface area contributed by atoms with Crippen molar-refractivity contribution in [2.75, 3.05) is 5.01 Å². The number of ether oxygens (including phenoxy) is 1. The molecule has 0 bridgehead atoms. The van der Waals surface area contributed by atoms with Gasteiger partial charge in [0, 0.05) is 11.6 Å². The van der Waals surface area contributed by atoms with Crippen LogP contribution in [0.1, 0.15) is 29.3 Å². The van der Waals surface area contributed by atoms with Crippen molar-refractivity contribution in [3.05, 3.63) is 87.8 Å². The molecule has 176 valence electrons. The molecule has 0 radical (unpaired) electrons. The van der Waals surface area contributed by atoms with Crippen LogP contribution in [-0.2, 0) is 17.6 Å². The minimum Gasteiger partial charge on any atom is -0.473 e. The molecule has 34 heavy (non-hydrogen) atoms. The number of anilines is 1. The molecule has 0 fully saturated rings. The zero-order valence-corrected chi connectivity index (χ0v) is 18.4. The molecule has 2 N–H and O–H groups in total. The van der Waals surface area contributed by atoms with Gasteiger partial charge in [-0.1, -0.05) is 41.9 Å². The molecule has 11 heteroatoms. The Kier molecular flexibility index (Phi) is 6.28. The molecule has 1 atom stereocenters. The summed E-state index contributed by atoms with van der Waals surface area (Å²) in [5.74, 6) is 4.25. The van der Waals surface area contributed by atoms with Gasteiger partial charge in [-0.05, 0) is 30.7 Å². The summed E-state index contributed by atoms with van der Waals surface area (Å²) in [6.07, 6.45) is -4.81. The van der Waals surface area contributed by atoms with E-state index in [0.29, 0.717) is 11.1 Å². The topological polar surface area (TPSA) is 80.8 Å². The highest BCUT2D eigenvalue weighted by atomic mass is 35.5. The van der Waals surface area contributed by atoms with Gasteiger partial charge in [0.2, 0.25) is 5.88 Å². The zero-order chi connectivity index (χ0) is 24.6. The molecule has 0 aliphatic carbocycles. The first-order chi connectivity index (χ1) is 16.1. The largest absolute Gasteiger partial charge is 0.473 e. The number of carbonyl (C=O) groups is 1. The number of hydrazine groups is 1. The van der Waals surface area contributed by atoms with Gasteiger partial charge in [0.1, 0.15) is 18.3 Å². The third-order valence-electron chi connectivity index (χ3n) is 5.11. The average Bonchev–Trinajstić information content (AvgIpc) is 2.89. The van der Waals surface area contributed by atoms with Gasteiger partial charge < -0.3 is 4.74 Å². The second kappa shape index (κ2) is 9.03. The fraction of sp³-hybridized carbons (Fsp3) is 0.174. The smallest absolute Gasteiger partial charge is 0.417 e. The first kappa shape index (κ1) is 23.7. The van der Waals surface area contributed by atoms with Crippen LogP contribution in [0.5, 0.6) is 5.88 Å². The Morgan fingerprint density at radius 2 is 1.82 bits per heavy atom. The van der Waals surface area contributed by atoms with E-state index in [0.717, 1.165) is 17.7 Å². The summed E-state index contributed by atoms with van der Waals surface area (Å²) >= 11 is 6.15. The quantitative estimate of drug-likeness (QED) is 0.318. The second-order valence-electron chi connectivity index (χ2n) is 7.44. The average molecular weight is 493 g/mol. The maximum Gasteiger partial charge on any atom is 0.417 e. The summed E-state index contributed by atoms with van der Waals surface area (Å²) in [7, 11) is 0. The molecule has 1 amide bonds. The summed E-state index contributed by atoms with van der Waals surface area (Å²) in [5, 5.41) is -0.131. The van der Waals surface area contributed by atoms with E-state index < -0.39 is 40.2 Å². The maximum atomic E-state index is 14.9. The number of benzene rings is 2. The molecule has 4 rings (SSSR count). The first-order valence-corrected chi connectivity index (χ1v) is 10.4. The lowest BCUT2D eigenvalue weighted by Crippen LogP contribution is -2.42. The van der Waals surface area contributed by atoms with E-state index in [1.807, 2.05) is 30.3 Å². The van der Waals surface area contributed by atoms with E-state index >= 15 is 0 Å². The van der Waals surface area contributed by atoms with Crippen molar-refractivity contribution in [3.8, 4) is 5.88 Å². The minimum atomic E-state index is -4.81. The Labute approximate surface area is 196 Å². The van der Waals surface area contributed by atoms with Gasteiger partial charge in [-0.15, -0.1) is 0 Å². The molecule has 6 nitrogen and oxygen atoms in total. The number of aliphatic imine (C=N–C) groups is 1. The molecular formula is C23H17ClF4N4O2. The van der Waals surface area contributed by atoms with Crippen LogP contribution in [0.15, 0.2) is 59.6 Å². The Balaban J connectivity index is 1.86. The van der Waals surface area contributed by atoms with Gasteiger partial charge in [-0.2, -0.15) is 13.2 Å². The van der Waals surface area contributed by atoms with E-state index in [-0.39, 0.29) is 29.4 Å². The number of amides is 1. The number of nitrogens with two attached hydrogens (primary N) is 1. The van der Waals surface area contributed by atoms with E-state index in [9.17, 15) is 22.4 Å². The Bertz CT molecular complexity index is 1280. The minimum absolute atomic E-state index is 0.000401. The number of aromatic nitrogens is 1. The Hall–Kier alpha value is -3.50. The monoisotopic (exact) mass is 492 g/mol. The molecule has 1 aromatic heterocycles. The van der Waals surface area contributed by atoms with E-state index in [1.165, 1.54) is 13.0 Å². The highest BCUT2D eigenvalue weighted by Crippen LogP contribution is 2.41. The number of halogens is 5. The predicted octanol–water partition coefficient (Wildman–Crippen LogP) is 4.92. The lowest BCUT2D eigenvalue weighted by molar-refractivity contribution is -0.137. The van der Waals surface area contributed by atoms with Crippen molar-refractivity contribution in [2.45, 2.75) is 25.7 Å². The van der Waals surface area contributed by atoms with Crippen LogP contribution < -0.4 is 15.6 Å². The van der Waals surface area contributed by atoms with Crippen molar-refractivity contribution in [1.29, 1.82) is 0 Å². The van der Waals surface area contributed by atoms with E-state index in [1.54, 1.807) is 0 Å². The number of fused-ring (bicyclic) bond motifs is 1. The van der Waals surface area contributed by atoms with Crippen molar-refractivity contribution in [1.82, 2.24) is 4.98 Å². The van der Waals surface area contributed by atoms with Crippen molar-refractivity contribution in [2.24, 2.45) is 10.8 Å². The zero-order valence-electron chi connectivity index (χ0n) is 17.6. The number of hydrogen-bond acceptors (Lipinski definition) is 5. The summed E-state index contributed by atoms with van der Waals surface area (Å²) in [5.41, 5.74) is -1.66. The van der Waals surface area contributed by atoms with Crippen LogP contribution >= 0.6 is 11.6 Å². The summed E-state index contributed by atoms with van der Waals surface area (Å²) in [6, 6.07) is 12.0. The normalized spacial score (nSPS) is 16.1. The van der Waals surface area contributed by atoms with Crippen LogP contribution in [-0.4, -0.2) is 22.6 Å². The molecule has 2 heterocycles. The number of benzodiazepines with no additional fused rings is 1. The fourth-order valence-electron chi connectivity index (χ4n) is 3.43. The Morgan fingerprint density at radius 1 is 1.12 bits per heavy atom. The van der Waals surface area contributed by atoms with E-state index in [4.69, 9.17) is 22.2 Å². The third-order valence-corrected chi connectivity index (χ3v) is 5.51. The molecule has 0 spiro atoms. The number of nitrogens with zero attached hydrogens (tertiary/aromatic N) is 3. The summed E-state index contributed by atoms with van der Waals surface area (Å²) in [6.45, 7) is 1.49. The second-order valence-corrected chi connectivity index (χ2v) is 7.81. The van der Waals surface area contributed by atoms with Gasteiger partial charge in [0.05, 0.1) is 22.0 Å². The van der Waals surface area contributed by atoms with Gasteiger partial charge >= 0.3 is 6.18 Å². The molecule has 1 aliphatic rings.